The summed E-state index contributed by atoms with van der Waals surface area (Å²) in [5.74, 6) is -0.0490. The number of ether oxygens (including phenoxy) is 1. The summed E-state index contributed by atoms with van der Waals surface area (Å²) in [6, 6.07) is 0. The maximum absolute atomic E-state index is 10.4. The molecule has 0 bridgehead atoms. The largest absolute Gasteiger partial charge is 0.469 e. The van der Waals surface area contributed by atoms with Gasteiger partial charge in [0, 0.05) is 5.88 Å². The van der Waals surface area contributed by atoms with Gasteiger partial charge in [0.1, 0.15) is 0 Å². The van der Waals surface area contributed by atoms with Crippen molar-refractivity contribution in [1.82, 2.24) is 0 Å². The molecule has 2 nitrogen and oxygen atoms in total. The summed E-state index contributed by atoms with van der Waals surface area (Å²) in [5, 5.41) is -0.306. The van der Waals surface area contributed by atoms with Gasteiger partial charge in [-0.1, -0.05) is 0 Å². The lowest BCUT2D eigenvalue weighted by molar-refractivity contribution is -0.140. The summed E-state index contributed by atoms with van der Waals surface area (Å²) in [6.07, 6.45) is 0.182. The first-order chi connectivity index (χ1) is 4.20. The Morgan fingerprint density at radius 3 is 2.67 bits per heavy atom. The standard InChI is InChI=1S/C5H8Cl2O2/c1-9-5(8)2-4(7)3-6/h4H,2-3H2,1H3. The normalized spacial score (nSPS) is 12.8. The highest BCUT2D eigenvalue weighted by Crippen LogP contribution is 2.04. The van der Waals surface area contributed by atoms with E-state index in [1.165, 1.54) is 7.11 Å². The first kappa shape index (κ1) is 9.05. The molecule has 54 valence electrons. The van der Waals surface area contributed by atoms with E-state index >= 15 is 0 Å². The second-order valence-corrected chi connectivity index (χ2v) is 2.46. The van der Waals surface area contributed by atoms with Crippen molar-refractivity contribution < 1.29 is 9.53 Å². The van der Waals surface area contributed by atoms with Gasteiger partial charge in [-0.2, -0.15) is 0 Å². The molecule has 0 radical (unpaired) electrons. The number of carbonyl (C=O) groups excluding carboxylic acids is 1. The molecule has 1 atom stereocenters. The van der Waals surface area contributed by atoms with E-state index in [0.29, 0.717) is 0 Å². The second kappa shape index (κ2) is 4.89. The maximum atomic E-state index is 10.4. The molecule has 0 N–H and O–H groups in total. The topological polar surface area (TPSA) is 26.3 Å². The van der Waals surface area contributed by atoms with Crippen molar-refractivity contribution in [2.45, 2.75) is 11.8 Å². The van der Waals surface area contributed by atoms with Crippen molar-refractivity contribution in [3.63, 3.8) is 0 Å². The van der Waals surface area contributed by atoms with Gasteiger partial charge in [-0.15, -0.1) is 23.2 Å². The van der Waals surface area contributed by atoms with Gasteiger partial charge in [-0.3, -0.25) is 4.79 Å². The zero-order valence-corrected chi connectivity index (χ0v) is 6.58. The number of methoxy groups -OCH3 is 1. The van der Waals surface area contributed by atoms with Gasteiger partial charge in [-0.05, 0) is 0 Å². The van der Waals surface area contributed by atoms with Crippen molar-refractivity contribution in [1.29, 1.82) is 0 Å². The molecule has 0 fully saturated rings. The van der Waals surface area contributed by atoms with Crippen LogP contribution in [0, 0.1) is 0 Å². The van der Waals surface area contributed by atoms with Crippen molar-refractivity contribution in [2.24, 2.45) is 0 Å². The van der Waals surface area contributed by atoms with Crippen LogP contribution in [-0.4, -0.2) is 24.3 Å². The van der Waals surface area contributed by atoms with E-state index in [4.69, 9.17) is 23.2 Å². The molecule has 0 saturated carbocycles. The van der Waals surface area contributed by atoms with Gasteiger partial charge in [-0.25, -0.2) is 0 Å². The SMILES string of the molecule is COC(=O)CC(Cl)CCl. The highest BCUT2D eigenvalue weighted by Gasteiger charge is 2.08. The Morgan fingerprint density at radius 2 is 2.33 bits per heavy atom. The minimum atomic E-state index is -0.323. The molecule has 0 heterocycles. The highest BCUT2D eigenvalue weighted by atomic mass is 35.5. The predicted octanol–water partition coefficient (Wildman–Crippen LogP) is 1.40. The highest BCUT2D eigenvalue weighted by molar-refractivity contribution is 6.28. The summed E-state index contributed by atoms with van der Waals surface area (Å²) in [6.45, 7) is 0. The molecule has 0 saturated heterocycles. The van der Waals surface area contributed by atoms with Gasteiger partial charge >= 0.3 is 5.97 Å². The lowest BCUT2D eigenvalue weighted by atomic mass is 10.3. The number of hydrogen-bond donors (Lipinski definition) is 0. The Balaban J connectivity index is 3.34. The monoisotopic (exact) mass is 170 g/mol. The second-order valence-electron chi connectivity index (χ2n) is 1.53. The third-order valence-electron chi connectivity index (χ3n) is 0.783. The van der Waals surface area contributed by atoms with Gasteiger partial charge in [0.15, 0.2) is 0 Å². The van der Waals surface area contributed by atoms with Crippen LogP contribution < -0.4 is 0 Å². The van der Waals surface area contributed by atoms with Gasteiger partial charge < -0.3 is 4.74 Å². The van der Waals surface area contributed by atoms with Gasteiger partial charge in [0.2, 0.25) is 0 Å². The zero-order valence-electron chi connectivity index (χ0n) is 5.06. The number of hydrogen-bond acceptors (Lipinski definition) is 2. The quantitative estimate of drug-likeness (QED) is 0.473. The Kier molecular flexibility index (Phi) is 4.91. The summed E-state index contributed by atoms with van der Waals surface area (Å²) in [7, 11) is 1.32. The van der Waals surface area contributed by atoms with E-state index in [0.717, 1.165) is 0 Å². The Labute approximate surface area is 64.1 Å². The summed E-state index contributed by atoms with van der Waals surface area (Å²) >= 11 is 10.8. The fraction of sp³-hybridized carbons (Fsp3) is 0.800. The number of alkyl halides is 2. The van der Waals surface area contributed by atoms with Crippen molar-refractivity contribution in [3.8, 4) is 0 Å². The third kappa shape index (κ3) is 4.55. The lowest BCUT2D eigenvalue weighted by Gasteiger charge is -2.01. The average Bonchev–Trinajstić information content (AvgIpc) is 1.87. The first-order valence-corrected chi connectivity index (χ1v) is 3.44. The van der Waals surface area contributed by atoms with E-state index in [-0.39, 0.29) is 23.6 Å². The van der Waals surface area contributed by atoms with E-state index < -0.39 is 0 Å². The molecular weight excluding hydrogens is 163 g/mol. The molecule has 0 spiro atoms. The molecular formula is C5H8Cl2O2. The molecule has 1 unspecified atom stereocenters. The fourth-order valence-corrected chi connectivity index (χ4v) is 0.554. The molecule has 9 heavy (non-hydrogen) atoms. The van der Waals surface area contributed by atoms with Crippen LogP contribution in [0.5, 0.6) is 0 Å². The Hall–Kier alpha value is 0.0500. The smallest absolute Gasteiger partial charge is 0.307 e. The number of rotatable bonds is 3. The molecule has 0 aromatic heterocycles. The zero-order chi connectivity index (χ0) is 7.28. The van der Waals surface area contributed by atoms with E-state index in [9.17, 15) is 4.79 Å². The molecule has 0 aliphatic rings. The maximum Gasteiger partial charge on any atom is 0.307 e. The molecule has 0 aliphatic heterocycles. The van der Waals surface area contributed by atoms with Crippen LogP contribution >= 0.6 is 23.2 Å². The molecule has 0 aliphatic carbocycles. The Bertz CT molecular complexity index is 95.0. The van der Waals surface area contributed by atoms with Crippen molar-refractivity contribution in [2.75, 3.05) is 13.0 Å². The predicted molar refractivity (Wildman–Crippen MR) is 37.0 cm³/mol. The van der Waals surface area contributed by atoms with E-state index in [2.05, 4.69) is 4.74 Å². The van der Waals surface area contributed by atoms with Crippen molar-refractivity contribution in [3.05, 3.63) is 0 Å². The molecule has 0 aromatic rings. The molecule has 0 amide bonds. The van der Waals surface area contributed by atoms with Crippen LogP contribution in [0.25, 0.3) is 0 Å². The molecule has 0 aromatic carbocycles. The summed E-state index contributed by atoms with van der Waals surface area (Å²) < 4.78 is 4.34. The first-order valence-electron chi connectivity index (χ1n) is 2.47. The fourth-order valence-electron chi connectivity index (χ4n) is 0.319. The lowest BCUT2D eigenvalue weighted by Crippen LogP contribution is -2.10. The van der Waals surface area contributed by atoms with E-state index in [1.807, 2.05) is 0 Å². The Morgan fingerprint density at radius 1 is 1.78 bits per heavy atom. The number of esters is 1. The van der Waals surface area contributed by atoms with E-state index in [1.54, 1.807) is 0 Å². The van der Waals surface area contributed by atoms with Crippen LogP contribution in [0.2, 0.25) is 0 Å². The third-order valence-corrected chi connectivity index (χ3v) is 1.62. The molecule has 0 rings (SSSR count). The number of halogens is 2. The minimum absolute atomic E-state index is 0.182. The van der Waals surface area contributed by atoms with Gasteiger partial charge in [0.05, 0.1) is 18.9 Å². The summed E-state index contributed by atoms with van der Waals surface area (Å²) in [5.41, 5.74) is 0. The number of carbonyl (C=O) groups is 1. The van der Waals surface area contributed by atoms with Crippen molar-refractivity contribution >= 4 is 29.2 Å². The van der Waals surface area contributed by atoms with Gasteiger partial charge in [0.25, 0.3) is 0 Å². The van der Waals surface area contributed by atoms with Crippen LogP contribution in [0.1, 0.15) is 6.42 Å². The summed E-state index contributed by atoms with van der Waals surface area (Å²) in [4.78, 5) is 10.4. The van der Waals surface area contributed by atoms with Crippen LogP contribution in [0.3, 0.4) is 0 Å². The van der Waals surface area contributed by atoms with Crippen LogP contribution in [0.4, 0.5) is 0 Å². The molecule has 4 heteroatoms. The average molecular weight is 171 g/mol. The minimum Gasteiger partial charge on any atom is -0.469 e. The van der Waals surface area contributed by atoms with Crippen LogP contribution in [0.15, 0.2) is 0 Å². The van der Waals surface area contributed by atoms with Crippen LogP contribution in [-0.2, 0) is 9.53 Å².